The topological polar surface area (TPSA) is 342 Å². The number of allylic oxidation sites excluding steroid dienone is 3. The average Bonchev–Trinajstić information content (AvgIpc) is 3.48. The van der Waals surface area contributed by atoms with E-state index in [0.29, 0.717) is 38.3 Å². The van der Waals surface area contributed by atoms with Gasteiger partial charge < -0.3 is 59.5 Å². The van der Waals surface area contributed by atoms with Crippen LogP contribution in [0.1, 0.15) is 22.9 Å². The molecule has 2 unspecified atom stereocenters. The van der Waals surface area contributed by atoms with Gasteiger partial charge in [-0.25, -0.2) is 28.3 Å². The highest BCUT2D eigenvalue weighted by Gasteiger charge is 2.47. The maximum atomic E-state index is 12.8. The van der Waals surface area contributed by atoms with Crippen molar-refractivity contribution in [2.24, 2.45) is 4.99 Å². The van der Waals surface area contributed by atoms with Gasteiger partial charge in [-0.2, -0.15) is 8.62 Å². The highest BCUT2D eigenvalue weighted by atomic mass is 32.1. The molecule has 3 aliphatic rings. The first-order chi connectivity index (χ1) is 30.3. The summed E-state index contributed by atoms with van der Waals surface area (Å²) in [6, 6.07) is 11.3. The van der Waals surface area contributed by atoms with E-state index in [4.69, 9.17) is 31.5 Å². The molecule has 1 saturated heterocycles. The Hall–Kier alpha value is -5.38. The number of aromatic amines is 1. The Kier molecular flexibility index (Phi) is 14.5. The number of benzene rings is 2. The van der Waals surface area contributed by atoms with E-state index in [9.17, 15) is 53.2 Å². The van der Waals surface area contributed by atoms with Crippen LogP contribution in [0.3, 0.4) is 0 Å². The molecule has 1 aliphatic carbocycles. The number of anilines is 2. The number of aliphatic carboxylic acids is 1. The van der Waals surface area contributed by atoms with Crippen molar-refractivity contribution >= 4 is 69.4 Å². The second kappa shape index (κ2) is 19.2. The number of nitrogens with zero attached hydrogens (tertiary/aromatic N) is 4. The van der Waals surface area contributed by atoms with Crippen LogP contribution in [-0.4, -0.2) is 121 Å². The Balaban J connectivity index is 1.16. The van der Waals surface area contributed by atoms with Gasteiger partial charge in [0.05, 0.1) is 24.4 Å². The molecule has 2 aliphatic heterocycles. The van der Waals surface area contributed by atoms with Gasteiger partial charge in [0, 0.05) is 74.6 Å². The van der Waals surface area contributed by atoms with Gasteiger partial charge in [0.15, 0.2) is 11.3 Å². The van der Waals surface area contributed by atoms with E-state index in [1.165, 1.54) is 6.08 Å². The first-order valence-corrected chi connectivity index (χ1v) is 23.5. The van der Waals surface area contributed by atoms with Gasteiger partial charge in [-0.3, -0.25) is 18.9 Å². The molecule has 3 heterocycles. The van der Waals surface area contributed by atoms with Crippen LogP contribution in [0, 0.1) is 11.8 Å². The predicted molar refractivity (Wildman–Crippen MR) is 234 cm³/mol. The molecule has 9 N–H and O–H groups in total. The smallest absolute Gasteiger partial charge is 0.478 e. The summed E-state index contributed by atoms with van der Waals surface area (Å²) in [7, 11) is -9.59. The number of nitrogens with one attached hydrogen (secondary N) is 2. The van der Waals surface area contributed by atoms with Crippen molar-refractivity contribution in [3.05, 3.63) is 109 Å². The van der Waals surface area contributed by atoms with E-state index < -0.39 is 71.8 Å². The first-order valence-electron chi connectivity index (χ1n) is 18.5. The minimum absolute atomic E-state index is 0.0696. The van der Waals surface area contributed by atoms with E-state index in [-0.39, 0.29) is 28.5 Å². The number of fused-ring (bicyclic) bond motifs is 2. The average molecular weight is 981 g/mol. The normalized spacial score (nSPS) is 21.4. The molecule has 0 radical (unpaired) electrons. The largest absolute Gasteiger partial charge is 0.490 e. The molecule has 6 atom stereocenters. The Labute approximate surface area is 372 Å². The van der Waals surface area contributed by atoms with E-state index in [0.717, 1.165) is 17.6 Å². The molecule has 6 rings (SSSR count). The molecule has 28 heteroatoms. The third-order valence-electron chi connectivity index (χ3n) is 9.40. The number of aliphatic imine (C=N–C) groups is 1. The lowest BCUT2D eigenvalue weighted by Gasteiger charge is -2.28. The van der Waals surface area contributed by atoms with Crippen LogP contribution in [-0.2, 0) is 36.4 Å². The highest BCUT2D eigenvalue weighted by molar-refractivity contribution is 7.80. The maximum Gasteiger partial charge on any atom is 0.490 e. The lowest BCUT2D eigenvalue weighted by atomic mass is 9.84. The maximum absolute atomic E-state index is 12.8. The lowest BCUT2D eigenvalue weighted by Crippen LogP contribution is -2.38. The van der Waals surface area contributed by atoms with Gasteiger partial charge in [-0.15, -0.1) is 0 Å². The third-order valence-corrected chi connectivity index (χ3v) is 13.4. The van der Waals surface area contributed by atoms with Crippen LogP contribution in [0.5, 0.6) is 11.5 Å². The number of H-pyrrole nitrogens is 1. The standard InChI is InChI=1S/C37H39N6O18P3S/c1-41(2)21-8-11-24-27(15-21)58-28-16-22(42(3)4)9-12-25(28)30(24)23-10-7-20(14-26(23)35(47)48)39-36(65)38-13-5-6-19-17-43(37(49)40-33(19)46)34-32(45)31(44)29(59-34)18-57-63(53,54)61-64(55,56)60-62(50,51)52/h7-12,14-17,29,31-32,34,44-45H,13,18H2,1-4H3,(H,38,65)(H,47,48)(H,53,54)(H,55,56)(H,40,46,49)(H2,50,51,52)/b39-20+/t29-,31-,32-,34-/m1/s1. The quantitative estimate of drug-likeness (QED) is 0.0551. The van der Waals surface area contributed by atoms with Gasteiger partial charge in [0.1, 0.15) is 35.4 Å². The fourth-order valence-electron chi connectivity index (χ4n) is 6.46. The number of carboxylic acids is 1. The molecule has 346 valence electrons. The second-order valence-electron chi connectivity index (χ2n) is 14.4. The van der Waals surface area contributed by atoms with Crippen molar-refractivity contribution in [2.45, 2.75) is 24.5 Å². The van der Waals surface area contributed by atoms with Crippen LogP contribution in [0.25, 0.3) is 5.57 Å². The molecule has 24 nitrogen and oxygen atoms in total. The summed E-state index contributed by atoms with van der Waals surface area (Å²) in [6.07, 6.45) is -1.92. The molecular weight excluding hydrogens is 941 g/mol. The van der Waals surface area contributed by atoms with Crippen LogP contribution in [0.15, 0.2) is 86.6 Å². The van der Waals surface area contributed by atoms with E-state index in [1.807, 2.05) is 79.4 Å². The molecule has 0 bridgehead atoms. The summed E-state index contributed by atoms with van der Waals surface area (Å²) >= 11 is 5.35. The second-order valence-corrected chi connectivity index (χ2v) is 19.2. The SMILES string of the molecule is CN(C)c1ccc2c(c1)Oc1cc(N(C)C)ccc1C2=C1C=C/C(=N\C(=S)NCC#Cc2cn([C@@H]3O[C@H](COP(=O)(O)OP(=O)(O)OP(=O)(O)O)[C@@H](O)[C@H]3O)c(=O)[nH]c2=O)C=C1C(=O)O. The van der Waals surface area contributed by atoms with E-state index >= 15 is 0 Å². The van der Waals surface area contributed by atoms with Crippen molar-refractivity contribution in [1.29, 1.82) is 0 Å². The zero-order valence-electron chi connectivity index (χ0n) is 34.2. The number of aromatic nitrogens is 2. The van der Waals surface area contributed by atoms with Gasteiger partial charge >= 0.3 is 35.1 Å². The molecule has 3 aromatic rings. The lowest BCUT2D eigenvalue weighted by molar-refractivity contribution is -0.132. The number of hydrogen-bond acceptors (Lipinski definition) is 16. The van der Waals surface area contributed by atoms with E-state index in [2.05, 4.69) is 35.3 Å². The minimum Gasteiger partial charge on any atom is -0.478 e. The van der Waals surface area contributed by atoms with Gasteiger partial charge in [0.25, 0.3) is 5.56 Å². The first kappa shape index (κ1) is 49.1. The van der Waals surface area contributed by atoms with Crippen molar-refractivity contribution in [3.63, 3.8) is 0 Å². The molecule has 0 saturated carbocycles. The van der Waals surface area contributed by atoms with Crippen LogP contribution >= 0.6 is 35.7 Å². The predicted octanol–water partition coefficient (Wildman–Crippen LogP) is 1.49. The highest BCUT2D eigenvalue weighted by Crippen LogP contribution is 2.66. The van der Waals surface area contributed by atoms with Gasteiger partial charge in [-0.05, 0) is 54.2 Å². The summed E-state index contributed by atoms with van der Waals surface area (Å²) in [5.41, 5.74) is 1.81. The third kappa shape index (κ3) is 11.7. The number of phosphoric ester groups is 1. The number of aliphatic hydroxyl groups is 2. The molecule has 65 heavy (non-hydrogen) atoms. The molecule has 0 amide bonds. The Bertz CT molecular complexity index is 2850. The number of aliphatic hydroxyl groups excluding tert-OH is 2. The fourth-order valence-corrected chi connectivity index (χ4v) is 9.67. The van der Waals surface area contributed by atoms with Crippen molar-refractivity contribution < 1.29 is 76.0 Å². The zero-order chi connectivity index (χ0) is 47.8. The number of carboxylic acid groups (broad SMARTS) is 1. The van der Waals surface area contributed by atoms with Crippen molar-refractivity contribution in [1.82, 2.24) is 14.9 Å². The number of rotatable bonds is 12. The molecule has 2 aromatic carbocycles. The summed E-state index contributed by atoms with van der Waals surface area (Å²) in [4.78, 5) is 84.6. The number of ether oxygens (including phenoxy) is 2. The Morgan fingerprint density at radius 2 is 1.55 bits per heavy atom. The number of carbonyl (C=O) groups is 1. The number of phosphoric acid groups is 3. The van der Waals surface area contributed by atoms with Gasteiger partial charge in [0.2, 0.25) is 0 Å². The van der Waals surface area contributed by atoms with Crippen LogP contribution < -0.4 is 31.1 Å². The molecule has 1 fully saturated rings. The summed E-state index contributed by atoms with van der Waals surface area (Å²) in [5, 5.41) is 34.1. The summed E-state index contributed by atoms with van der Waals surface area (Å²) in [5.74, 6) is 4.97. The molecular formula is C37H39N6O18P3S. The van der Waals surface area contributed by atoms with Crippen molar-refractivity contribution in [3.8, 4) is 23.3 Å². The number of thiocarbonyl (C=S) groups is 1. The Morgan fingerprint density at radius 1 is 0.938 bits per heavy atom. The zero-order valence-corrected chi connectivity index (χ0v) is 37.7. The minimum atomic E-state index is -5.86. The van der Waals surface area contributed by atoms with Crippen LogP contribution in [0.2, 0.25) is 0 Å². The summed E-state index contributed by atoms with van der Waals surface area (Å²) in [6.45, 7) is -1.38. The molecule has 1 aromatic heterocycles. The van der Waals surface area contributed by atoms with Crippen molar-refractivity contribution in [2.75, 3.05) is 51.1 Å². The molecule has 0 spiro atoms. The van der Waals surface area contributed by atoms with E-state index in [1.54, 1.807) is 12.2 Å². The fraction of sp³-hybridized carbons (Fsp3) is 0.270. The monoisotopic (exact) mass is 980 g/mol. The number of hydrogen-bond donors (Lipinski definition) is 9. The Morgan fingerprint density at radius 3 is 2.12 bits per heavy atom. The van der Waals surface area contributed by atoms with Gasteiger partial charge in [-0.1, -0.05) is 17.9 Å². The van der Waals surface area contributed by atoms with Crippen LogP contribution in [0.4, 0.5) is 11.4 Å². The summed E-state index contributed by atoms with van der Waals surface area (Å²) < 4.78 is 58.6.